The summed E-state index contributed by atoms with van der Waals surface area (Å²) in [6.07, 6.45) is 1.48. The van der Waals surface area contributed by atoms with Gasteiger partial charge in [-0.05, 0) is 32.0 Å². The van der Waals surface area contributed by atoms with Gasteiger partial charge in [-0.2, -0.15) is 0 Å². The second-order valence-corrected chi connectivity index (χ2v) is 3.55. The Morgan fingerprint density at radius 1 is 1.29 bits per heavy atom. The Hall–Kier alpha value is -0.730. The zero-order valence-corrected chi connectivity index (χ0v) is 9.14. The molecule has 1 aromatic carbocycles. The number of halogens is 1. The normalized spacial score (nSPS) is 20.2. The lowest BCUT2D eigenvalue weighted by Gasteiger charge is -2.12. The first-order valence-electron chi connectivity index (χ1n) is 4.78. The van der Waals surface area contributed by atoms with Crippen LogP contribution >= 0.6 is 12.4 Å². The Morgan fingerprint density at radius 3 is 2.57 bits per heavy atom. The van der Waals surface area contributed by atoms with Crippen molar-refractivity contribution in [3.63, 3.8) is 0 Å². The van der Waals surface area contributed by atoms with Gasteiger partial charge < -0.3 is 10.1 Å². The minimum atomic E-state index is 0. The number of rotatable bonds is 2. The number of hydrogen-bond acceptors (Lipinski definition) is 2. The summed E-state index contributed by atoms with van der Waals surface area (Å²) in [5, 5.41) is 3.28. The number of ether oxygens (including phenoxy) is 1. The maximum Gasteiger partial charge on any atom is 0.119 e. The molecule has 1 aliphatic heterocycles. The van der Waals surface area contributed by atoms with E-state index in [0.29, 0.717) is 6.10 Å². The van der Waals surface area contributed by atoms with E-state index < -0.39 is 0 Å². The molecule has 0 aliphatic carbocycles. The van der Waals surface area contributed by atoms with Crippen molar-refractivity contribution < 1.29 is 4.74 Å². The van der Waals surface area contributed by atoms with Crippen LogP contribution in [-0.2, 0) is 0 Å². The highest BCUT2D eigenvalue weighted by atomic mass is 35.5. The predicted octanol–water partition coefficient (Wildman–Crippen LogP) is 2.16. The summed E-state index contributed by atoms with van der Waals surface area (Å²) in [6, 6.07) is 8.23. The van der Waals surface area contributed by atoms with Crippen molar-refractivity contribution >= 4 is 12.4 Å². The van der Waals surface area contributed by atoms with Crippen molar-refractivity contribution in [3.05, 3.63) is 29.8 Å². The Labute approximate surface area is 91.1 Å². The van der Waals surface area contributed by atoms with E-state index in [-0.39, 0.29) is 12.4 Å². The lowest BCUT2D eigenvalue weighted by atomic mass is 10.2. The molecule has 1 aliphatic rings. The van der Waals surface area contributed by atoms with Crippen LogP contribution in [0.4, 0.5) is 0 Å². The Morgan fingerprint density at radius 2 is 2.00 bits per heavy atom. The lowest BCUT2D eigenvalue weighted by Crippen LogP contribution is -2.19. The highest BCUT2D eigenvalue weighted by Gasteiger charge is 2.15. The van der Waals surface area contributed by atoms with Gasteiger partial charge in [-0.25, -0.2) is 0 Å². The van der Waals surface area contributed by atoms with E-state index in [2.05, 4.69) is 24.4 Å². The molecule has 3 heteroatoms. The van der Waals surface area contributed by atoms with Crippen LogP contribution in [0.15, 0.2) is 24.3 Å². The van der Waals surface area contributed by atoms with Crippen molar-refractivity contribution in [2.45, 2.75) is 19.4 Å². The molecule has 0 saturated carbocycles. The molecule has 1 unspecified atom stereocenters. The molecule has 1 atom stereocenters. The molecular formula is C11H16ClNO. The minimum Gasteiger partial charge on any atom is -0.489 e. The molecule has 0 aromatic heterocycles. The first-order valence-corrected chi connectivity index (χ1v) is 4.78. The topological polar surface area (TPSA) is 21.3 Å². The summed E-state index contributed by atoms with van der Waals surface area (Å²) >= 11 is 0. The molecule has 0 bridgehead atoms. The van der Waals surface area contributed by atoms with Gasteiger partial charge in [-0.15, -0.1) is 12.4 Å². The summed E-state index contributed by atoms with van der Waals surface area (Å²) in [5.41, 5.74) is 1.27. The number of benzene rings is 1. The van der Waals surface area contributed by atoms with Gasteiger partial charge in [0.05, 0.1) is 0 Å². The maximum atomic E-state index is 5.77. The monoisotopic (exact) mass is 213 g/mol. The molecule has 2 rings (SSSR count). The van der Waals surface area contributed by atoms with E-state index in [1.54, 1.807) is 0 Å². The van der Waals surface area contributed by atoms with E-state index in [1.165, 1.54) is 5.56 Å². The van der Waals surface area contributed by atoms with Crippen LogP contribution in [0.3, 0.4) is 0 Å². The summed E-state index contributed by atoms with van der Waals surface area (Å²) in [6.45, 7) is 4.14. The average Bonchev–Trinajstić information content (AvgIpc) is 2.62. The van der Waals surface area contributed by atoms with Crippen molar-refractivity contribution in [2.75, 3.05) is 13.1 Å². The molecule has 0 spiro atoms. The SMILES string of the molecule is Cc1ccc(OC2CCNC2)cc1.Cl. The van der Waals surface area contributed by atoms with Gasteiger partial charge in [-0.1, -0.05) is 17.7 Å². The quantitative estimate of drug-likeness (QED) is 0.813. The Balaban J connectivity index is 0.000000980. The van der Waals surface area contributed by atoms with Gasteiger partial charge in [0.2, 0.25) is 0 Å². The standard InChI is InChI=1S/C11H15NO.ClH/c1-9-2-4-10(5-3-9)13-11-6-7-12-8-11;/h2-5,11-12H,6-8H2,1H3;1H. The molecule has 2 nitrogen and oxygen atoms in total. The number of hydrogen-bond donors (Lipinski definition) is 1. The smallest absolute Gasteiger partial charge is 0.119 e. The third-order valence-electron chi connectivity index (χ3n) is 2.34. The Bertz CT molecular complexity index is 267. The van der Waals surface area contributed by atoms with Crippen LogP contribution in [-0.4, -0.2) is 19.2 Å². The molecule has 1 saturated heterocycles. The fourth-order valence-electron chi connectivity index (χ4n) is 1.54. The van der Waals surface area contributed by atoms with Gasteiger partial charge in [-0.3, -0.25) is 0 Å². The lowest BCUT2D eigenvalue weighted by molar-refractivity contribution is 0.223. The highest BCUT2D eigenvalue weighted by molar-refractivity contribution is 5.85. The zero-order chi connectivity index (χ0) is 9.10. The van der Waals surface area contributed by atoms with E-state index in [0.717, 1.165) is 25.3 Å². The number of aryl methyl sites for hydroxylation is 1. The molecular weight excluding hydrogens is 198 g/mol. The van der Waals surface area contributed by atoms with E-state index >= 15 is 0 Å². The van der Waals surface area contributed by atoms with E-state index in [4.69, 9.17) is 4.74 Å². The van der Waals surface area contributed by atoms with E-state index in [1.807, 2.05) is 12.1 Å². The van der Waals surface area contributed by atoms with Crippen molar-refractivity contribution in [2.24, 2.45) is 0 Å². The van der Waals surface area contributed by atoms with Gasteiger partial charge in [0, 0.05) is 6.54 Å². The van der Waals surface area contributed by atoms with Crippen LogP contribution < -0.4 is 10.1 Å². The summed E-state index contributed by atoms with van der Waals surface area (Å²) in [4.78, 5) is 0. The largest absolute Gasteiger partial charge is 0.489 e. The third-order valence-corrected chi connectivity index (χ3v) is 2.34. The molecule has 78 valence electrons. The maximum absolute atomic E-state index is 5.77. The highest BCUT2D eigenvalue weighted by Crippen LogP contribution is 2.15. The predicted molar refractivity (Wildman–Crippen MR) is 60.3 cm³/mol. The Kier molecular flexibility index (Phi) is 4.23. The molecule has 1 fully saturated rings. The van der Waals surface area contributed by atoms with Gasteiger partial charge in [0.15, 0.2) is 0 Å². The first-order chi connectivity index (χ1) is 6.34. The summed E-state index contributed by atoms with van der Waals surface area (Å²) < 4.78 is 5.77. The number of nitrogens with one attached hydrogen (secondary N) is 1. The average molecular weight is 214 g/mol. The second kappa shape index (κ2) is 5.23. The van der Waals surface area contributed by atoms with Crippen LogP contribution in [0.2, 0.25) is 0 Å². The van der Waals surface area contributed by atoms with Crippen LogP contribution in [0.1, 0.15) is 12.0 Å². The summed E-state index contributed by atoms with van der Waals surface area (Å²) in [7, 11) is 0. The fraction of sp³-hybridized carbons (Fsp3) is 0.455. The molecule has 14 heavy (non-hydrogen) atoms. The van der Waals surface area contributed by atoms with Gasteiger partial charge >= 0.3 is 0 Å². The van der Waals surface area contributed by atoms with Crippen molar-refractivity contribution in [3.8, 4) is 5.75 Å². The molecule has 0 radical (unpaired) electrons. The fourth-order valence-corrected chi connectivity index (χ4v) is 1.54. The third kappa shape index (κ3) is 2.89. The van der Waals surface area contributed by atoms with Crippen LogP contribution in [0.25, 0.3) is 0 Å². The molecule has 1 N–H and O–H groups in total. The van der Waals surface area contributed by atoms with Crippen molar-refractivity contribution in [1.82, 2.24) is 5.32 Å². The minimum absolute atomic E-state index is 0. The van der Waals surface area contributed by atoms with Crippen LogP contribution in [0.5, 0.6) is 5.75 Å². The van der Waals surface area contributed by atoms with E-state index in [9.17, 15) is 0 Å². The summed E-state index contributed by atoms with van der Waals surface area (Å²) in [5.74, 6) is 0.985. The van der Waals surface area contributed by atoms with Crippen LogP contribution in [0, 0.1) is 6.92 Å². The molecule has 1 aromatic rings. The van der Waals surface area contributed by atoms with Gasteiger partial charge in [0.25, 0.3) is 0 Å². The first kappa shape index (κ1) is 11.3. The molecule has 1 heterocycles. The molecule has 0 amide bonds. The zero-order valence-electron chi connectivity index (χ0n) is 8.32. The van der Waals surface area contributed by atoms with Crippen molar-refractivity contribution in [1.29, 1.82) is 0 Å². The second-order valence-electron chi connectivity index (χ2n) is 3.55. The van der Waals surface area contributed by atoms with Gasteiger partial charge in [0.1, 0.15) is 11.9 Å².